The standard InChI is InChI=1S/C14H18N2/c1-10-11(6-5-8-13(10)15)12-7-3-4-9-14(12,2)16/h3-8H,9,15-16H2,1-2H3. The largest absolute Gasteiger partial charge is 0.398 e. The van der Waals surface area contributed by atoms with Crippen molar-refractivity contribution in [3.63, 3.8) is 0 Å². The quantitative estimate of drug-likeness (QED) is 0.706. The topological polar surface area (TPSA) is 52.0 Å². The summed E-state index contributed by atoms with van der Waals surface area (Å²) >= 11 is 0. The van der Waals surface area contributed by atoms with Gasteiger partial charge >= 0.3 is 0 Å². The first-order chi connectivity index (χ1) is 7.52. The monoisotopic (exact) mass is 214 g/mol. The van der Waals surface area contributed by atoms with Crippen LogP contribution in [0.2, 0.25) is 0 Å². The van der Waals surface area contributed by atoms with Crippen LogP contribution in [0.3, 0.4) is 0 Å². The van der Waals surface area contributed by atoms with E-state index in [0.29, 0.717) is 0 Å². The normalized spacial score (nSPS) is 24.3. The fourth-order valence-corrected chi connectivity index (χ4v) is 2.12. The zero-order chi connectivity index (χ0) is 11.8. The Labute approximate surface area is 96.6 Å². The van der Waals surface area contributed by atoms with Crippen LogP contribution >= 0.6 is 0 Å². The molecule has 0 spiro atoms. The van der Waals surface area contributed by atoms with Gasteiger partial charge in [0, 0.05) is 11.2 Å². The predicted molar refractivity (Wildman–Crippen MR) is 69.9 cm³/mol. The van der Waals surface area contributed by atoms with Crippen LogP contribution in [0.25, 0.3) is 5.57 Å². The lowest BCUT2D eigenvalue weighted by molar-refractivity contribution is 0.609. The summed E-state index contributed by atoms with van der Waals surface area (Å²) in [5.41, 5.74) is 16.2. The smallest absolute Gasteiger partial charge is 0.0422 e. The molecule has 2 nitrogen and oxygen atoms in total. The number of rotatable bonds is 1. The lowest BCUT2D eigenvalue weighted by Crippen LogP contribution is -2.38. The Bertz CT molecular complexity index is 468. The molecule has 2 rings (SSSR count). The van der Waals surface area contributed by atoms with E-state index in [4.69, 9.17) is 11.5 Å². The Morgan fingerprint density at radius 3 is 2.75 bits per heavy atom. The summed E-state index contributed by atoms with van der Waals surface area (Å²) in [6.45, 7) is 4.10. The lowest BCUT2D eigenvalue weighted by Gasteiger charge is -2.30. The molecule has 1 atom stereocenters. The van der Waals surface area contributed by atoms with Crippen LogP contribution in [0.4, 0.5) is 5.69 Å². The van der Waals surface area contributed by atoms with E-state index >= 15 is 0 Å². The summed E-state index contributed by atoms with van der Waals surface area (Å²) in [5, 5.41) is 0. The van der Waals surface area contributed by atoms with Crippen LogP contribution in [-0.4, -0.2) is 5.54 Å². The molecule has 1 aromatic carbocycles. The number of benzene rings is 1. The molecular weight excluding hydrogens is 196 g/mol. The highest BCUT2D eigenvalue weighted by molar-refractivity contribution is 5.79. The van der Waals surface area contributed by atoms with Crippen molar-refractivity contribution >= 4 is 11.3 Å². The van der Waals surface area contributed by atoms with E-state index in [1.165, 1.54) is 5.57 Å². The van der Waals surface area contributed by atoms with E-state index < -0.39 is 0 Å². The number of allylic oxidation sites excluding steroid dienone is 2. The Kier molecular flexibility index (Phi) is 2.60. The summed E-state index contributed by atoms with van der Waals surface area (Å²) in [7, 11) is 0. The lowest BCUT2D eigenvalue weighted by atomic mass is 9.80. The van der Waals surface area contributed by atoms with E-state index in [2.05, 4.69) is 31.2 Å². The van der Waals surface area contributed by atoms with Gasteiger partial charge in [0.25, 0.3) is 0 Å². The van der Waals surface area contributed by atoms with Crippen molar-refractivity contribution in [2.45, 2.75) is 25.8 Å². The van der Waals surface area contributed by atoms with Gasteiger partial charge in [0.1, 0.15) is 0 Å². The number of nitrogens with two attached hydrogens (primary N) is 2. The van der Waals surface area contributed by atoms with Gasteiger partial charge in [-0.05, 0) is 43.0 Å². The van der Waals surface area contributed by atoms with E-state index in [1.54, 1.807) is 0 Å². The van der Waals surface area contributed by atoms with Crippen LogP contribution in [-0.2, 0) is 0 Å². The second-order valence-electron chi connectivity index (χ2n) is 4.65. The zero-order valence-corrected chi connectivity index (χ0v) is 9.83. The Morgan fingerprint density at radius 1 is 1.31 bits per heavy atom. The van der Waals surface area contributed by atoms with E-state index in [0.717, 1.165) is 23.2 Å². The molecule has 1 aromatic rings. The van der Waals surface area contributed by atoms with Crippen molar-refractivity contribution in [2.24, 2.45) is 5.73 Å². The average Bonchev–Trinajstić information content (AvgIpc) is 2.22. The number of hydrogen-bond donors (Lipinski definition) is 2. The van der Waals surface area contributed by atoms with Gasteiger partial charge in [0.2, 0.25) is 0 Å². The molecule has 1 aliphatic carbocycles. The number of nitrogen functional groups attached to an aromatic ring is 1. The maximum absolute atomic E-state index is 6.31. The van der Waals surface area contributed by atoms with E-state index in [-0.39, 0.29) is 5.54 Å². The van der Waals surface area contributed by atoms with Crippen LogP contribution in [0, 0.1) is 6.92 Å². The van der Waals surface area contributed by atoms with Gasteiger partial charge in [-0.2, -0.15) is 0 Å². The molecule has 0 bridgehead atoms. The molecule has 2 heteroatoms. The summed E-state index contributed by atoms with van der Waals surface area (Å²) in [6, 6.07) is 5.99. The molecule has 0 amide bonds. The summed E-state index contributed by atoms with van der Waals surface area (Å²) in [4.78, 5) is 0. The minimum Gasteiger partial charge on any atom is -0.398 e. The minimum absolute atomic E-state index is 0.298. The van der Waals surface area contributed by atoms with Crippen molar-refractivity contribution in [3.05, 3.63) is 47.6 Å². The fourth-order valence-electron chi connectivity index (χ4n) is 2.12. The first-order valence-corrected chi connectivity index (χ1v) is 5.54. The second-order valence-corrected chi connectivity index (χ2v) is 4.65. The Morgan fingerprint density at radius 2 is 2.06 bits per heavy atom. The highest BCUT2D eigenvalue weighted by Gasteiger charge is 2.26. The summed E-state index contributed by atoms with van der Waals surface area (Å²) in [6.07, 6.45) is 7.12. The number of hydrogen-bond acceptors (Lipinski definition) is 2. The molecular formula is C14H18N2. The fraction of sp³-hybridized carbons (Fsp3) is 0.286. The highest BCUT2D eigenvalue weighted by atomic mass is 14.7. The predicted octanol–water partition coefficient (Wildman–Crippen LogP) is 2.64. The van der Waals surface area contributed by atoms with Crippen molar-refractivity contribution < 1.29 is 0 Å². The SMILES string of the molecule is Cc1c(N)cccc1C1=CC=CCC1(C)N. The second kappa shape index (κ2) is 3.80. The van der Waals surface area contributed by atoms with Gasteiger partial charge in [0.15, 0.2) is 0 Å². The molecule has 0 radical (unpaired) electrons. The first-order valence-electron chi connectivity index (χ1n) is 5.54. The minimum atomic E-state index is -0.298. The third kappa shape index (κ3) is 1.76. The van der Waals surface area contributed by atoms with Crippen molar-refractivity contribution in [2.75, 3.05) is 5.73 Å². The molecule has 0 aliphatic heterocycles. The highest BCUT2D eigenvalue weighted by Crippen LogP contribution is 2.34. The van der Waals surface area contributed by atoms with E-state index in [9.17, 15) is 0 Å². The van der Waals surface area contributed by atoms with Crippen molar-refractivity contribution in [3.8, 4) is 0 Å². The van der Waals surface area contributed by atoms with Crippen molar-refractivity contribution in [1.82, 2.24) is 0 Å². The van der Waals surface area contributed by atoms with Gasteiger partial charge in [-0.15, -0.1) is 0 Å². The molecule has 0 saturated carbocycles. The molecule has 0 saturated heterocycles. The first kappa shape index (κ1) is 11.0. The van der Waals surface area contributed by atoms with Gasteiger partial charge in [-0.25, -0.2) is 0 Å². The molecule has 16 heavy (non-hydrogen) atoms. The Balaban J connectivity index is 2.56. The zero-order valence-electron chi connectivity index (χ0n) is 9.83. The Hall–Kier alpha value is -1.54. The molecule has 4 N–H and O–H groups in total. The molecule has 84 valence electrons. The van der Waals surface area contributed by atoms with Gasteiger partial charge in [0.05, 0.1) is 0 Å². The van der Waals surface area contributed by atoms with Crippen LogP contribution in [0.1, 0.15) is 24.5 Å². The van der Waals surface area contributed by atoms with Gasteiger partial charge in [-0.1, -0.05) is 30.4 Å². The van der Waals surface area contributed by atoms with Crippen LogP contribution in [0.15, 0.2) is 36.4 Å². The summed E-state index contributed by atoms with van der Waals surface area (Å²) in [5.74, 6) is 0. The van der Waals surface area contributed by atoms with E-state index in [1.807, 2.05) is 19.1 Å². The molecule has 1 unspecified atom stereocenters. The van der Waals surface area contributed by atoms with Crippen LogP contribution < -0.4 is 11.5 Å². The third-order valence-corrected chi connectivity index (χ3v) is 3.22. The van der Waals surface area contributed by atoms with Crippen LogP contribution in [0.5, 0.6) is 0 Å². The van der Waals surface area contributed by atoms with Gasteiger partial charge < -0.3 is 11.5 Å². The van der Waals surface area contributed by atoms with Crippen molar-refractivity contribution in [1.29, 1.82) is 0 Å². The molecule has 0 aromatic heterocycles. The molecule has 0 heterocycles. The van der Waals surface area contributed by atoms with Gasteiger partial charge in [-0.3, -0.25) is 0 Å². The molecule has 0 fully saturated rings. The summed E-state index contributed by atoms with van der Waals surface area (Å²) < 4.78 is 0. The maximum atomic E-state index is 6.31. The number of anilines is 1. The molecule has 1 aliphatic rings. The maximum Gasteiger partial charge on any atom is 0.0422 e. The third-order valence-electron chi connectivity index (χ3n) is 3.22. The average molecular weight is 214 g/mol.